The van der Waals surface area contributed by atoms with Gasteiger partial charge in [0.1, 0.15) is 18.6 Å². The average molecular weight is 210 g/mol. The highest BCUT2D eigenvalue weighted by Gasteiger charge is 2.05. The number of hydrogen-bond donors (Lipinski definition) is 0. The van der Waals surface area contributed by atoms with Crippen LogP contribution in [0, 0.1) is 0 Å². The van der Waals surface area contributed by atoms with Crippen LogP contribution in [0.3, 0.4) is 0 Å². The standard InChI is InChI=1S/C11H14O4/c1-13-11(14-2)8-15-10-5-3-4-9(6-10)7-12/h3-7,11H,8H2,1-2H3. The van der Waals surface area contributed by atoms with Crippen LogP contribution >= 0.6 is 0 Å². The fraction of sp³-hybridized carbons (Fsp3) is 0.364. The summed E-state index contributed by atoms with van der Waals surface area (Å²) in [5.74, 6) is 0.624. The van der Waals surface area contributed by atoms with Gasteiger partial charge in [-0.05, 0) is 12.1 Å². The van der Waals surface area contributed by atoms with Gasteiger partial charge in [-0.3, -0.25) is 4.79 Å². The molecule has 82 valence electrons. The largest absolute Gasteiger partial charge is 0.488 e. The van der Waals surface area contributed by atoms with Crippen molar-refractivity contribution in [1.82, 2.24) is 0 Å². The van der Waals surface area contributed by atoms with Crippen LogP contribution < -0.4 is 4.74 Å². The van der Waals surface area contributed by atoms with E-state index in [0.717, 1.165) is 6.29 Å². The minimum absolute atomic E-state index is 0.287. The molecule has 1 rings (SSSR count). The Morgan fingerprint density at radius 1 is 1.33 bits per heavy atom. The molecule has 0 N–H and O–H groups in total. The molecule has 1 aromatic rings. The van der Waals surface area contributed by atoms with Gasteiger partial charge in [-0.1, -0.05) is 12.1 Å². The van der Waals surface area contributed by atoms with Gasteiger partial charge in [-0.15, -0.1) is 0 Å². The van der Waals surface area contributed by atoms with Crippen molar-refractivity contribution in [1.29, 1.82) is 0 Å². The molecule has 4 heteroatoms. The van der Waals surface area contributed by atoms with E-state index < -0.39 is 6.29 Å². The smallest absolute Gasteiger partial charge is 0.191 e. The normalized spacial score (nSPS) is 10.3. The Labute approximate surface area is 88.8 Å². The summed E-state index contributed by atoms with van der Waals surface area (Å²) in [7, 11) is 3.08. The molecule has 0 aliphatic rings. The summed E-state index contributed by atoms with van der Waals surface area (Å²) < 4.78 is 15.3. The van der Waals surface area contributed by atoms with Crippen LogP contribution in [0.4, 0.5) is 0 Å². The SMILES string of the molecule is COC(COc1cccc(C=O)c1)OC. The molecule has 0 spiro atoms. The first-order valence-corrected chi connectivity index (χ1v) is 4.53. The second-order valence-corrected chi connectivity index (χ2v) is 2.90. The zero-order chi connectivity index (χ0) is 11.1. The van der Waals surface area contributed by atoms with Crippen LogP contribution in [-0.2, 0) is 9.47 Å². The van der Waals surface area contributed by atoms with Crippen LogP contribution in [0.5, 0.6) is 5.75 Å². The van der Waals surface area contributed by atoms with Gasteiger partial charge in [-0.2, -0.15) is 0 Å². The number of rotatable bonds is 6. The van der Waals surface area contributed by atoms with Crippen molar-refractivity contribution < 1.29 is 19.0 Å². The molecule has 0 amide bonds. The highest BCUT2D eigenvalue weighted by Crippen LogP contribution is 2.12. The van der Waals surface area contributed by atoms with Gasteiger partial charge in [0.2, 0.25) is 0 Å². The number of ether oxygens (including phenoxy) is 3. The third-order valence-electron chi connectivity index (χ3n) is 1.91. The third kappa shape index (κ3) is 3.69. The molecule has 15 heavy (non-hydrogen) atoms. The topological polar surface area (TPSA) is 44.8 Å². The maximum absolute atomic E-state index is 10.5. The average Bonchev–Trinajstić information content (AvgIpc) is 2.31. The molecule has 0 unspecified atom stereocenters. The van der Waals surface area contributed by atoms with E-state index in [1.165, 1.54) is 0 Å². The Morgan fingerprint density at radius 2 is 2.07 bits per heavy atom. The number of carbonyl (C=O) groups is 1. The van der Waals surface area contributed by atoms with Crippen LogP contribution in [-0.4, -0.2) is 33.4 Å². The maximum Gasteiger partial charge on any atom is 0.191 e. The van der Waals surface area contributed by atoms with E-state index in [0.29, 0.717) is 11.3 Å². The van der Waals surface area contributed by atoms with Crippen molar-refractivity contribution in [2.75, 3.05) is 20.8 Å². The predicted octanol–water partition coefficient (Wildman–Crippen LogP) is 1.50. The molecule has 0 saturated heterocycles. The zero-order valence-electron chi connectivity index (χ0n) is 8.80. The highest BCUT2D eigenvalue weighted by molar-refractivity contribution is 5.75. The molecule has 0 fully saturated rings. The molecule has 0 bridgehead atoms. The number of carbonyl (C=O) groups excluding carboxylic acids is 1. The van der Waals surface area contributed by atoms with E-state index in [1.54, 1.807) is 38.5 Å². The van der Waals surface area contributed by atoms with Gasteiger partial charge in [0.05, 0.1) is 0 Å². The summed E-state index contributed by atoms with van der Waals surface area (Å²) in [4.78, 5) is 10.5. The fourth-order valence-corrected chi connectivity index (χ4v) is 1.07. The summed E-state index contributed by atoms with van der Waals surface area (Å²) in [6.45, 7) is 0.287. The molecular formula is C11H14O4. The van der Waals surface area contributed by atoms with Gasteiger partial charge < -0.3 is 14.2 Å². The Bertz CT molecular complexity index is 307. The van der Waals surface area contributed by atoms with Crippen LogP contribution in [0.1, 0.15) is 10.4 Å². The Morgan fingerprint density at radius 3 is 2.67 bits per heavy atom. The van der Waals surface area contributed by atoms with Gasteiger partial charge in [0, 0.05) is 19.8 Å². The molecule has 1 aromatic carbocycles. The van der Waals surface area contributed by atoms with E-state index in [2.05, 4.69) is 0 Å². The van der Waals surface area contributed by atoms with E-state index >= 15 is 0 Å². The van der Waals surface area contributed by atoms with Crippen molar-refractivity contribution in [3.63, 3.8) is 0 Å². The van der Waals surface area contributed by atoms with Crippen molar-refractivity contribution in [3.05, 3.63) is 29.8 Å². The fourth-order valence-electron chi connectivity index (χ4n) is 1.07. The van der Waals surface area contributed by atoms with Gasteiger partial charge >= 0.3 is 0 Å². The Hall–Kier alpha value is -1.39. The molecule has 0 heterocycles. The summed E-state index contributed by atoms with van der Waals surface area (Å²) in [6, 6.07) is 6.91. The molecule has 0 radical (unpaired) electrons. The van der Waals surface area contributed by atoms with Crippen molar-refractivity contribution in [2.24, 2.45) is 0 Å². The second kappa shape index (κ2) is 6.16. The Balaban J connectivity index is 2.53. The lowest BCUT2D eigenvalue weighted by molar-refractivity contribution is -0.121. The lowest BCUT2D eigenvalue weighted by Gasteiger charge is -2.14. The van der Waals surface area contributed by atoms with E-state index in [-0.39, 0.29) is 6.61 Å². The molecule has 0 aliphatic carbocycles. The summed E-state index contributed by atoms with van der Waals surface area (Å²) in [5.41, 5.74) is 0.582. The Kier molecular flexibility index (Phi) is 4.80. The molecule has 0 aliphatic heterocycles. The van der Waals surface area contributed by atoms with Gasteiger partial charge in [-0.25, -0.2) is 0 Å². The second-order valence-electron chi connectivity index (χ2n) is 2.90. The van der Waals surface area contributed by atoms with Crippen LogP contribution in [0.25, 0.3) is 0 Å². The molecule has 4 nitrogen and oxygen atoms in total. The lowest BCUT2D eigenvalue weighted by atomic mass is 10.2. The van der Waals surface area contributed by atoms with E-state index in [1.807, 2.05) is 0 Å². The molecule has 0 atom stereocenters. The van der Waals surface area contributed by atoms with Crippen LogP contribution in [0.15, 0.2) is 24.3 Å². The molecular weight excluding hydrogens is 196 g/mol. The lowest BCUT2D eigenvalue weighted by Crippen LogP contribution is -2.22. The monoisotopic (exact) mass is 210 g/mol. The number of aldehydes is 1. The first-order valence-electron chi connectivity index (χ1n) is 4.53. The number of methoxy groups -OCH3 is 2. The first kappa shape index (κ1) is 11.7. The van der Waals surface area contributed by atoms with Crippen molar-refractivity contribution >= 4 is 6.29 Å². The zero-order valence-corrected chi connectivity index (χ0v) is 8.80. The van der Waals surface area contributed by atoms with Gasteiger partial charge in [0.25, 0.3) is 0 Å². The molecule has 0 aromatic heterocycles. The summed E-state index contributed by atoms with van der Waals surface area (Å²) >= 11 is 0. The summed E-state index contributed by atoms with van der Waals surface area (Å²) in [5, 5.41) is 0. The number of benzene rings is 1. The first-order chi connectivity index (χ1) is 7.30. The van der Waals surface area contributed by atoms with Gasteiger partial charge in [0.15, 0.2) is 6.29 Å². The maximum atomic E-state index is 10.5. The highest BCUT2D eigenvalue weighted by atomic mass is 16.7. The quantitative estimate of drug-likeness (QED) is 0.527. The van der Waals surface area contributed by atoms with Crippen LogP contribution in [0.2, 0.25) is 0 Å². The van der Waals surface area contributed by atoms with Crippen molar-refractivity contribution in [3.8, 4) is 5.75 Å². The van der Waals surface area contributed by atoms with E-state index in [4.69, 9.17) is 14.2 Å². The van der Waals surface area contributed by atoms with Crippen molar-refractivity contribution in [2.45, 2.75) is 6.29 Å². The predicted molar refractivity (Wildman–Crippen MR) is 55.1 cm³/mol. The molecule has 0 saturated carbocycles. The number of hydrogen-bond acceptors (Lipinski definition) is 4. The third-order valence-corrected chi connectivity index (χ3v) is 1.91. The summed E-state index contributed by atoms with van der Waals surface area (Å²) in [6.07, 6.45) is 0.377. The van der Waals surface area contributed by atoms with E-state index in [9.17, 15) is 4.79 Å². The minimum atomic E-state index is -0.398. The minimum Gasteiger partial charge on any atom is -0.488 e.